The molecule has 0 radical (unpaired) electrons. The van der Waals surface area contributed by atoms with Crippen molar-refractivity contribution in [3.63, 3.8) is 0 Å². The maximum atomic E-state index is 12.1. The summed E-state index contributed by atoms with van der Waals surface area (Å²) in [5.41, 5.74) is 0.426. The van der Waals surface area contributed by atoms with Gasteiger partial charge in [0.1, 0.15) is 4.90 Å². The minimum atomic E-state index is -3.59. The Balaban J connectivity index is 2.10. The monoisotopic (exact) mass is 296 g/mol. The van der Waals surface area contributed by atoms with E-state index in [2.05, 4.69) is 16.6 Å². The number of carboxylic acid groups (broad SMARTS) is 1. The van der Waals surface area contributed by atoms with Crippen LogP contribution in [0.25, 0.3) is 6.08 Å². The molecule has 1 fully saturated rings. The van der Waals surface area contributed by atoms with Gasteiger partial charge in [-0.1, -0.05) is 6.92 Å². The van der Waals surface area contributed by atoms with E-state index in [1.54, 1.807) is 0 Å². The van der Waals surface area contributed by atoms with Crippen LogP contribution in [0.1, 0.15) is 18.9 Å². The predicted octanol–water partition coefficient (Wildman–Crippen LogP) is 1.11. The molecule has 20 heavy (non-hydrogen) atoms. The first kappa shape index (κ1) is 14.7. The summed E-state index contributed by atoms with van der Waals surface area (Å²) in [6.45, 7) is 2.51. The maximum absolute atomic E-state index is 12.1. The van der Waals surface area contributed by atoms with Crippen LogP contribution < -0.4 is 4.72 Å². The molecule has 1 heterocycles. The number of hydrogen-bond acceptors (Lipinski definition) is 4. The Kier molecular flexibility index (Phi) is 4.20. The van der Waals surface area contributed by atoms with E-state index in [-0.39, 0.29) is 4.90 Å². The van der Waals surface area contributed by atoms with Crippen molar-refractivity contribution in [1.82, 2.24) is 9.71 Å². The average molecular weight is 296 g/mol. The summed E-state index contributed by atoms with van der Waals surface area (Å²) >= 11 is 0. The molecule has 2 atom stereocenters. The zero-order valence-corrected chi connectivity index (χ0v) is 11.8. The predicted molar refractivity (Wildman–Crippen MR) is 73.4 cm³/mol. The van der Waals surface area contributed by atoms with Crippen molar-refractivity contribution in [2.24, 2.45) is 11.8 Å². The van der Waals surface area contributed by atoms with Gasteiger partial charge in [0.25, 0.3) is 0 Å². The number of rotatable bonds is 6. The average Bonchev–Trinajstić information content (AvgIpc) is 3.11. The maximum Gasteiger partial charge on any atom is 0.328 e. The number of carbonyl (C=O) groups is 1. The first-order valence-corrected chi connectivity index (χ1v) is 7.72. The van der Waals surface area contributed by atoms with Crippen LogP contribution in [0.5, 0.6) is 0 Å². The summed E-state index contributed by atoms with van der Waals surface area (Å²) in [7, 11) is -3.59. The van der Waals surface area contributed by atoms with Gasteiger partial charge in [-0.25, -0.2) is 17.9 Å². The lowest BCUT2D eigenvalue weighted by Gasteiger charge is -2.06. The lowest BCUT2D eigenvalue weighted by molar-refractivity contribution is -0.131. The highest BCUT2D eigenvalue weighted by atomic mass is 32.2. The lowest BCUT2D eigenvalue weighted by atomic mass is 10.2. The van der Waals surface area contributed by atoms with E-state index in [4.69, 9.17) is 5.11 Å². The number of aliphatic carboxylic acids is 1. The second kappa shape index (κ2) is 5.72. The van der Waals surface area contributed by atoms with Crippen molar-refractivity contribution >= 4 is 22.1 Å². The lowest BCUT2D eigenvalue weighted by Crippen LogP contribution is -2.26. The topological polar surface area (TPSA) is 96.4 Å². The van der Waals surface area contributed by atoms with Crippen LogP contribution in [-0.2, 0) is 14.8 Å². The minimum Gasteiger partial charge on any atom is -0.478 e. The summed E-state index contributed by atoms with van der Waals surface area (Å²) in [5.74, 6) is -0.118. The number of pyridine rings is 1. The summed E-state index contributed by atoms with van der Waals surface area (Å²) in [4.78, 5) is 14.3. The number of carboxylic acids is 1. The zero-order chi connectivity index (χ0) is 14.8. The van der Waals surface area contributed by atoms with E-state index < -0.39 is 16.0 Å². The smallest absolute Gasteiger partial charge is 0.328 e. The Morgan fingerprint density at radius 3 is 2.85 bits per heavy atom. The van der Waals surface area contributed by atoms with Gasteiger partial charge in [-0.2, -0.15) is 0 Å². The first-order chi connectivity index (χ1) is 9.38. The van der Waals surface area contributed by atoms with Gasteiger partial charge in [-0.05, 0) is 36.0 Å². The molecule has 0 aliphatic heterocycles. The van der Waals surface area contributed by atoms with Gasteiger partial charge in [-0.15, -0.1) is 0 Å². The van der Waals surface area contributed by atoms with Crippen LogP contribution in [0.2, 0.25) is 0 Å². The molecule has 6 nitrogen and oxygen atoms in total. The van der Waals surface area contributed by atoms with Crippen LogP contribution >= 0.6 is 0 Å². The normalized spacial score (nSPS) is 22.1. The van der Waals surface area contributed by atoms with E-state index in [0.717, 1.165) is 12.5 Å². The van der Waals surface area contributed by atoms with Crippen molar-refractivity contribution < 1.29 is 18.3 Å². The molecule has 0 spiro atoms. The first-order valence-electron chi connectivity index (χ1n) is 6.24. The second-order valence-corrected chi connectivity index (χ2v) is 6.72. The highest BCUT2D eigenvalue weighted by Gasteiger charge is 2.33. The van der Waals surface area contributed by atoms with Gasteiger partial charge >= 0.3 is 5.97 Å². The van der Waals surface area contributed by atoms with E-state index in [9.17, 15) is 13.2 Å². The largest absolute Gasteiger partial charge is 0.478 e. The third-order valence-corrected chi connectivity index (χ3v) is 4.67. The molecule has 0 amide bonds. The summed E-state index contributed by atoms with van der Waals surface area (Å²) in [5, 5.41) is 8.54. The zero-order valence-electron chi connectivity index (χ0n) is 11.0. The molecular formula is C13H16N2O4S. The molecule has 2 unspecified atom stereocenters. The number of sulfonamides is 1. The number of nitrogens with one attached hydrogen (secondary N) is 1. The fourth-order valence-electron chi connectivity index (χ4n) is 1.82. The Hall–Kier alpha value is -1.73. The molecule has 2 rings (SSSR count). The SMILES string of the molecule is CC1CC1CNS(=O)(=O)c1cncc(/C=C/C(=O)O)c1. The van der Waals surface area contributed by atoms with Crippen LogP contribution in [0.4, 0.5) is 0 Å². The van der Waals surface area contributed by atoms with Crippen LogP contribution in [0, 0.1) is 11.8 Å². The van der Waals surface area contributed by atoms with Crippen molar-refractivity contribution in [3.8, 4) is 0 Å². The van der Waals surface area contributed by atoms with E-state index >= 15 is 0 Å². The fourth-order valence-corrected chi connectivity index (χ4v) is 2.92. The van der Waals surface area contributed by atoms with Crippen LogP contribution in [-0.4, -0.2) is 31.0 Å². The van der Waals surface area contributed by atoms with Gasteiger partial charge in [0.2, 0.25) is 10.0 Å². The minimum absolute atomic E-state index is 0.0401. The van der Waals surface area contributed by atoms with Gasteiger partial charge < -0.3 is 5.11 Å². The fraction of sp³-hybridized carbons (Fsp3) is 0.385. The van der Waals surface area contributed by atoms with E-state index in [0.29, 0.717) is 23.9 Å². The Labute approximate surface area is 117 Å². The molecule has 1 aliphatic carbocycles. The Bertz CT molecular complexity index is 640. The molecule has 2 N–H and O–H groups in total. The van der Waals surface area contributed by atoms with Gasteiger partial charge in [0, 0.05) is 25.0 Å². The van der Waals surface area contributed by atoms with E-state index in [1.807, 2.05) is 0 Å². The number of hydrogen-bond donors (Lipinski definition) is 2. The van der Waals surface area contributed by atoms with Crippen molar-refractivity contribution in [3.05, 3.63) is 30.1 Å². The van der Waals surface area contributed by atoms with Crippen molar-refractivity contribution in [2.75, 3.05) is 6.54 Å². The molecule has 7 heteroatoms. The third-order valence-electron chi connectivity index (χ3n) is 3.27. The van der Waals surface area contributed by atoms with Crippen molar-refractivity contribution in [1.29, 1.82) is 0 Å². The molecule has 1 saturated carbocycles. The van der Waals surface area contributed by atoms with Gasteiger partial charge in [0.15, 0.2) is 0 Å². The van der Waals surface area contributed by atoms with Gasteiger partial charge in [0.05, 0.1) is 0 Å². The molecule has 0 saturated heterocycles. The summed E-state index contributed by atoms with van der Waals surface area (Å²) in [6, 6.07) is 1.39. The van der Waals surface area contributed by atoms with Crippen LogP contribution in [0.15, 0.2) is 29.4 Å². The molecule has 108 valence electrons. The number of nitrogens with zero attached hydrogens (tertiary/aromatic N) is 1. The van der Waals surface area contributed by atoms with E-state index in [1.165, 1.54) is 24.5 Å². The Morgan fingerprint density at radius 1 is 1.55 bits per heavy atom. The second-order valence-electron chi connectivity index (χ2n) is 4.95. The molecule has 1 aromatic heterocycles. The van der Waals surface area contributed by atoms with Gasteiger partial charge in [-0.3, -0.25) is 4.98 Å². The summed E-state index contributed by atoms with van der Waals surface area (Å²) in [6.07, 6.45) is 5.93. The quantitative estimate of drug-likeness (QED) is 0.767. The highest BCUT2D eigenvalue weighted by Crippen LogP contribution is 2.37. The molecule has 0 bridgehead atoms. The van der Waals surface area contributed by atoms with Crippen molar-refractivity contribution in [2.45, 2.75) is 18.2 Å². The number of aromatic nitrogens is 1. The molecule has 1 aromatic rings. The molecule has 0 aromatic carbocycles. The highest BCUT2D eigenvalue weighted by molar-refractivity contribution is 7.89. The molecular weight excluding hydrogens is 280 g/mol. The summed E-state index contributed by atoms with van der Waals surface area (Å²) < 4.78 is 26.7. The van der Waals surface area contributed by atoms with Crippen LogP contribution in [0.3, 0.4) is 0 Å². The third kappa shape index (κ3) is 3.88. The standard InChI is InChI=1S/C13H16N2O4S/c1-9-4-11(9)7-15-20(18,19)12-5-10(6-14-8-12)2-3-13(16)17/h2-3,5-6,8-9,11,15H,4,7H2,1H3,(H,16,17)/b3-2+. The molecule has 1 aliphatic rings. The Morgan fingerprint density at radius 2 is 2.25 bits per heavy atom.